The lowest BCUT2D eigenvalue weighted by Crippen LogP contribution is -2.44. The zero-order chi connectivity index (χ0) is 17.5. The molecule has 2 heterocycles. The molecule has 0 radical (unpaired) electrons. The summed E-state index contributed by atoms with van der Waals surface area (Å²) in [5, 5.41) is 6.01. The number of aromatic nitrogens is 1. The quantitative estimate of drug-likeness (QED) is 0.849. The molecule has 0 spiro atoms. The van der Waals surface area contributed by atoms with Crippen LogP contribution in [0.4, 0.5) is 4.79 Å². The van der Waals surface area contributed by atoms with E-state index < -0.39 is 0 Å². The topological polar surface area (TPSA) is 49.3 Å². The molecular weight excluding hydrogens is 312 g/mol. The molecule has 0 aliphatic carbocycles. The Morgan fingerprint density at radius 2 is 1.88 bits per heavy atom. The van der Waals surface area contributed by atoms with Gasteiger partial charge in [-0.1, -0.05) is 30.3 Å². The summed E-state index contributed by atoms with van der Waals surface area (Å²) < 4.78 is 2.06. The third-order valence-electron chi connectivity index (χ3n) is 4.99. The van der Waals surface area contributed by atoms with E-state index in [1.165, 1.54) is 12.0 Å². The second kappa shape index (κ2) is 8.72. The highest BCUT2D eigenvalue weighted by atomic mass is 16.2. The van der Waals surface area contributed by atoms with Crippen LogP contribution in [0.25, 0.3) is 0 Å². The van der Waals surface area contributed by atoms with Crippen LogP contribution < -0.4 is 10.6 Å². The molecule has 1 aromatic carbocycles. The van der Waals surface area contributed by atoms with Crippen LogP contribution in [0.1, 0.15) is 24.4 Å². The van der Waals surface area contributed by atoms with Gasteiger partial charge in [-0.25, -0.2) is 4.79 Å². The van der Waals surface area contributed by atoms with E-state index in [-0.39, 0.29) is 6.03 Å². The molecular formula is C20H28N4O. The molecule has 1 aliphatic rings. The summed E-state index contributed by atoms with van der Waals surface area (Å²) in [6, 6.07) is 14.9. The van der Waals surface area contributed by atoms with E-state index in [1.54, 1.807) is 0 Å². The molecule has 3 rings (SSSR count). The van der Waals surface area contributed by atoms with Crippen molar-refractivity contribution in [1.82, 2.24) is 20.1 Å². The van der Waals surface area contributed by atoms with Crippen molar-refractivity contribution in [3.05, 3.63) is 60.4 Å². The van der Waals surface area contributed by atoms with E-state index in [0.29, 0.717) is 25.0 Å². The number of benzene rings is 1. The van der Waals surface area contributed by atoms with Gasteiger partial charge < -0.3 is 15.2 Å². The Bertz CT molecular complexity index is 641. The predicted octanol–water partition coefficient (Wildman–Crippen LogP) is 2.87. The molecule has 25 heavy (non-hydrogen) atoms. The largest absolute Gasteiger partial charge is 0.353 e. The maximum absolute atomic E-state index is 12.1. The number of carbonyl (C=O) groups excluding carboxylic acids is 1. The molecule has 0 unspecified atom stereocenters. The summed E-state index contributed by atoms with van der Waals surface area (Å²) in [4.78, 5) is 14.5. The molecule has 2 N–H and O–H groups in total. The Kier molecular flexibility index (Phi) is 6.12. The third-order valence-corrected chi connectivity index (χ3v) is 4.99. The maximum Gasteiger partial charge on any atom is 0.314 e. The first-order chi connectivity index (χ1) is 12.2. The predicted molar refractivity (Wildman–Crippen MR) is 100 cm³/mol. The second-order valence-electron chi connectivity index (χ2n) is 6.80. The number of urea groups is 1. The number of likely N-dealkylation sites (tertiary alicyclic amines) is 1. The van der Waals surface area contributed by atoms with E-state index >= 15 is 0 Å². The van der Waals surface area contributed by atoms with Crippen LogP contribution in [0.2, 0.25) is 0 Å². The molecule has 0 saturated carbocycles. The van der Waals surface area contributed by atoms with Crippen LogP contribution in [0.3, 0.4) is 0 Å². The Balaban J connectivity index is 1.49. The first kappa shape index (κ1) is 17.5. The van der Waals surface area contributed by atoms with E-state index in [9.17, 15) is 4.79 Å². The van der Waals surface area contributed by atoms with E-state index in [0.717, 1.165) is 19.5 Å². The van der Waals surface area contributed by atoms with Gasteiger partial charge in [0, 0.05) is 38.1 Å². The van der Waals surface area contributed by atoms with E-state index in [1.807, 2.05) is 24.5 Å². The molecule has 2 aromatic rings. The van der Waals surface area contributed by atoms with Crippen molar-refractivity contribution in [2.75, 3.05) is 26.7 Å². The van der Waals surface area contributed by atoms with E-state index in [2.05, 4.69) is 57.5 Å². The van der Waals surface area contributed by atoms with Gasteiger partial charge in [-0.3, -0.25) is 4.90 Å². The minimum atomic E-state index is -0.0767. The normalized spacial score (nSPS) is 21.0. The maximum atomic E-state index is 12.1. The van der Waals surface area contributed by atoms with Gasteiger partial charge in [0.05, 0.1) is 0 Å². The summed E-state index contributed by atoms with van der Waals surface area (Å²) in [6.07, 6.45) is 6.33. The highest BCUT2D eigenvalue weighted by Crippen LogP contribution is 2.34. The molecule has 1 saturated heterocycles. The number of nitrogens with zero attached hydrogens (tertiary/aromatic N) is 2. The summed E-state index contributed by atoms with van der Waals surface area (Å²) >= 11 is 0. The lowest BCUT2D eigenvalue weighted by atomic mass is 9.85. The first-order valence-electron chi connectivity index (χ1n) is 9.11. The zero-order valence-corrected chi connectivity index (χ0v) is 14.9. The highest BCUT2D eigenvalue weighted by Gasteiger charge is 2.30. The SMILES string of the molecule is CN1CCC[C@@H](CNC(=O)NCCn2cccc2)[C@@H]1c1ccccc1. The lowest BCUT2D eigenvalue weighted by Gasteiger charge is -2.39. The monoisotopic (exact) mass is 340 g/mol. The van der Waals surface area contributed by atoms with Gasteiger partial charge in [-0.2, -0.15) is 0 Å². The number of hydrogen-bond acceptors (Lipinski definition) is 2. The Morgan fingerprint density at radius 3 is 2.64 bits per heavy atom. The lowest BCUT2D eigenvalue weighted by molar-refractivity contribution is 0.120. The van der Waals surface area contributed by atoms with Gasteiger partial charge in [-0.05, 0) is 50.0 Å². The van der Waals surface area contributed by atoms with Crippen LogP contribution in [0.5, 0.6) is 0 Å². The van der Waals surface area contributed by atoms with Crippen molar-refractivity contribution in [1.29, 1.82) is 0 Å². The molecule has 5 nitrogen and oxygen atoms in total. The van der Waals surface area contributed by atoms with Crippen LogP contribution in [0, 0.1) is 5.92 Å². The number of rotatable bonds is 6. The summed E-state index contributed by atoms with van der Waals surface area (Å²) in [5.74, 6) is 0.441. The van der Waals surface area contributed by atoms with Gasteiger partial charge in [0.15, 0.2) is 0 Å². The molecule has 134 valence electrons. The fourth-order valence-electron chi connectivity index (χ4n) is 3.75. The number of piperidine rings is 1. The van der Waals surface area contributed by atoms with Crippen molar-refractivity contribution in [3.8, 4) is 0 Å². The van der Waals surface area contributed by atoms with Gasteiger partial charge >= 0.3 is 6.03 Å². The van der Waals surface area contributed by atoms with Crippen molar-refractivity contribution in [2.24, 2.45) is 5.92 Å². The van der Waals surface area contributed by atoms with Crippen molar-refractivity contribution in [2.45, 2.75) is 25.4 Å². The van der Waals surface area contributed by atoms with Crippen molar-refractivity contribution in [3.63, 3.8) is 0 Å². The molecule has 0 bridgehead atoms. The van der Waals surface area contributed by atoms with Gasteiger partial charge in [0.25, 0.3) is 0 Å². The fraction of sp³-hybridized carbons (Fsp3) is 0.450. The van der Waals surface area contributed by atoms with Crippen molar-refractivity contribution >= 4 is 6.03 Å². The van der Waals surface area contributed by atoms with Crippen LogP contribution in [-0.4, -0.2) is 42.2 Å². The Hall–Kier alpha value is -2.27. The summed E-state index contributed by atoms with van der Waals surface area (Å²) in [5.41, 5.74) is 1.34. The third kappa shape index (κ3) is 4.86. The molecule has 2 amide bonds. The second-order valence-corrected chi connectivity index (χ2v) is 6.80. The highest BCUT2D eigenvalue weighted by molar-refractivity contribution is 5.73. The summed E-state index contributed by atoms with van der Waals surface area (Å²) in [7, 11) is 2.18. The number of carbonyl (C=O) groups is 1. The smallest absolute Gasteiger partial charge is 0.314 e. The average molecular weight is 340 g/mol. The molecule has 2 atom stereocenters. The Labute approximate surface area is 150 Å². The first-order valence-corrected chi connectivity index (χ1v) is 9.11. The number of hydrogen-bond donors (Lipinski definition) is 2. The summed E-state index contributed by atoms with van der Waals surface area (Å²) in [6.45, 7) is 3.24. The van der Waals surface area contributed by atoms with Crippen LogP contribution in [-0.2, 0) is 6.54 Å². The zero-order valence-electron chi connectivity index (χ0n) is 14.9. The molecule has 1 aliphatic heterocycles. The van der Waals surface area contributed by atoms with Crippen LogP contribution in [0.15, 0.2) is 54.9 Å². The minimum Gasteiger partial charge on any atom is -0.353 e. The molecule has 1 aromatic heterocycles. The average Bonchev–Trinajstić information content (AvgIpc) is 3.14. The van der Waals surface area contributed by atoms with Crippen LogP contribution >= 0.6 is 0 Å². The number of amides is 2. The number of nitrogens with one attached hydrogen (secondary N) is 2. The molecule has 5 heteroatoms. The van der Waals surface area contributed by atoms with Gasteiger partial charge in [-0.15, -0.1) is 0 Å². The fourth-order valence-corrected chi connectivity index (χ4v) is 3.75. The minimum absolute atomic E-state index is 0.0767. The standard InChI is InChI=1S/C20H28N4O/c1-23-12-7-10-18(19(23)17-8-3-2-4-9-17)16-22-20(25)21-11-15-24-13-5-6-14-24/h2-6,8-9,13-14,18-19H,7,10-12,15-16H2,1H3,(H2,21,22,25)/t18-,19-/m0/s1. The van der Waals surface area contributed by atoms with Crippen molar-refractivity contribution < 1.29 is 4.79 Å². The van der Waals surface area contributed by atoms with Gasteiger partial charge in [0.2, 0.25) is 0 Å². The Morgan fingerprint density at radius 1 is 1.12 bits per heavy atom. The molecule has 1 fully saturated rings. The van der Waals surface area contributed by atoms with Gasteiger partial charge in [0.1, 0.15) is 0 Å². The van der Waals surface area contributed by atoms with E-state index in [4.69, 9.17) is 0 Å².